The third-order valence-electron chi connectivity index (χ3n) is 5.01. The highest BCUT2D eigenvalue weighted by Crippen LogP contribution is 2.36. The van der Waals surface area contributed by atoms with Crippen LogP contribution in [0.4, 0.5) is 0 Å². The average Bonchev–Trinajstić information content (AvgIpc) is 3.15. The molecule has 0 spiro atoms. The minimum atomic E-state index is -0.445. The first kappa shape index (κ1) is 18.2. The summed E-state index contributed by atoms with van der Waals surface area (Å²) in [5, 5.41) is 8.48. The summed E-state index contributed by atoms with van der Waals surface area (Å²) in [5.74, 6) is 2.13. The molecule has 3 unspecified atom stereocenters. The zero-order chi connectivity index (χ0) is 18.8. The Bertz CT molecular complexity index is 802. The second kappa shape index (κ2) is 7.80. The first-order valence-electron chi connectivity index (χ1n) is 9.27. The smallest absolute Gasteiger partial charge is 0.277 e. The van der Waals surface area contributed by atoms with Crippen LogP contribution in [0.25, 0.3) is 0 Å². The zero-order valence-corrected chi connectivity index (χ0v) is 16.3. The second-order valence-electron chi connectivity index (χ2n) is 6.99. The van der Waals surface area contributed by atoms with Gasteiger partial charge in [0.25, 0.3) is 11.1 Å². The monoisotopic (exact) mass is 389 g/mol. The molecule has 2 aliphatic heterocycles. The third kappa shape index (κ3) is 3.90. The van der Waals surface area contributed by atoms with Gasteiger partial charge in [0.1, 0.15) is 6.61 Å². The summed E-state index contributed by atoms with van der Waals surface area (Å²) >= 11 is 1.27. The zero-order valence-electron chi connectivity index (χ0n) is 15.5. The Hall–Kier alpha value is -2.22. The second-order valence-corrected chi connectivity index (χ2v) is 7.92. The van der Waals surface area contributed by atoms with E-state index in [9.17, 15) is 4.79 Å². The van der Waals surface area contributed by atoms with E-state index in [0.29, 0.717) is 35.0 Å². The van der Waals surface area contributed by atoms with Crippen LogP contribution in [0.3, 0.4) is 0 Å². The van der Waals surface area contributed by atoms with Crippen molar-refractivity contribution >= 4 is 17.7 Å². The van der Waals surface area contributed by atoms with Crippen LogP contribution in [0.2, 0.25) is 0 Å². The Morgan fingerprint density at radius 1 is 1.19 bits per heavy atom. The number of carbonyl (C=O) groups is 1. The van der Waals surface area contributed by atoms with Crippen molar-refractivity contribution in [3.05, 3.63) is 30.2 Å². The van der Waals surface area contributed by atoms with Gasteiger partial charge in [0.05, 0.1) is 5.75 Å². The molecule has 0 saturated carbocycles. The van der Waals surface area contributed by atoms with Crippen LogP contribution < -0.4 is 9.47 Å². The summed E-state index contributed by atoms with van der Waals surface area (Å²) in [5.41, 5.74) is 0. The van der Waals surface area contributed by atoms with E-state index < -0.39 is 6.10 Å². The highest BCUT2D eigenvalue weighted by molar-refractivity contribution is 7.99. The van der Waals surface area contributed by atoms with Crippen molar-refractivity contribution in [3.8, 4) is 11.5 Å². The van der Waals surface area contributed by atoms with E-state index in [1.165, 1.54) is 18.2 Å². The normalized spacial score (nSPS) is 24.7. The predicted molar refractivity (Wildman–Crippen MR) is 99.9 cm³/mol. The first-order chi connectivity index (χ1) is 13.1. The number of thioether (sulfide) groups is 1. The number of amides is 1. The van der Waals surface area contributed by atoms with E-state index >= 15 is 0 Å². The number of para-hydroxylation sites is 2. The SMILES string of the molecule is CC1CCCC(C)N1C(=O)CSc1nnc(C2COc3ccccc3O2)o1. The van der Waals surface area contributed by atoms with E-state index in [-0.39, 0.29) is 18.0 Å². The first-order valence-corrected chi connectivity index (χ1v) is 10.3. The van der Waals surface area contributed by atoms with Gasteiger partial charge in [-0.05, 0) is 45.2 Å². The van der Waals surface area contributed by atoms with Gasteiger partial charge in [-0.3, -0.25) is 4.79 Å². The Morgan fingerprint density at radius 3 is 2.70 bits per heavy atom. The van der Waals surface area contributed by atoms with Crippen LogP contribution in [0, 0.1) is 0 Å². The van der Waals surface area contributed by atoms with Crippen molar-refractivity contribution < 1.29 is 18.7 Å². The van der Waals surface area contributed by atoms with Gasteiger partial charge < -0.3 is 18.8 Å². The molecule has 1 fully saturated rings. The molecule has 2 aliphatic rings. The summed E-state index contributed by atoms with van der Waals surface area (Å²) in [6.07, 6.45) is 2.86. The quantitative estimate of drug-likeness (QED) is 0.741. The van der Waals surface area contributed by atoms with Gasteiger partial charge in [0, 0.05) is 12.1 Å². The van der Waals surface area contributed by atoms with Crippen molar-refractivity contribution in [1.82, 2.24) is 15.1 Å². The van der Waals surface area contributed by atoms with E-state index in [0.717, 1.165) is 12.8 Å². The number of aromatic nitrogens is 2. The molecule has 7 nitrogen and oxygen atoms in total. The number of rotatable bonds is 4. The molecular weight excluding hydrogens is 366 g/mol. The number of benzene rings is 1. The van der Waals surface area contributed by atoms with Gasteiger partial charge in [0.15, 0.2) is 11.5 Å². The van der Waals surface area contributed by atoms with Gasteiger partial charge in [-0.25, -0.2) is 0 Å². The van der Waals surface area contributed by atoms with Crippen molar-refractivity contribution in [2.24, 2.45) is 0 Å². The summed E-state index contributed by atoms with van der Waals surface area (Å²) in [6.45, 7) is 4.54. The van der Waals surface area contributed by atoms with Crippen LogP contribution in [-0.4, -0.2) is 45.4 Å². The molecule has 1 aromatic carbocycles. The fourth-order valence-corrected chi connectivity index (χ4v) is 4.30. The number of hydrogen-bond donors (Lipinski definition) is 0. The predicted octanol–water partition coefficient (Wildman–Crippen LogP) is 3.46. The molecule has 144 valence electrons. The summed E-state index contributed by atoms with van der Waals surface area (Å²) in [6, 6.07) is 8.04. The molecule has 0 radical (unpaired) electrons. The van der Waals surface area contributed by atoms with Gasteiger partial charge in [-0.15, -0.1) is 10.2 Å². The van der Waals surface area contributed by atoms with Gasteiger partial charge in [-0.2, -0.15) is 0 Å². The molecule has 2 aromatic rings. The molecule has 27 heavy (non-hydrogen) atoms. The lowest BCUT2D eigenvalue weighted by Gasteiger charge is -2.39. The molecular formula is C19H23N3O4S. The van der Waals surface area contributed by atoms with Crippen LogP contribution in [0.5, 0.6) is 11.5 Å². The fraction of sp³-hybridized carbons (Fsp3) is 0.526. The largest absolute Gasteiger partial charge is 0.485 e. The van der Waals surface area contributed by atoms with Crippen LogP contribution >= 0.6 is 11.8 Å². The number of fused-ring (bicyclic) bond motifs is 1. The van der Waals surface area contributed by atoms with Gasteiger partial charge >= 0.3 is 0 Å². The Morgan fingerprint density at radius 2 is 1.93 bits per heavy atom. The van der Waals surface area contributed by atoms with Crippen molar-refractivity contribution in [1.29, 1.82) is 0 Å². The Labute approximate surface area is 162 Å². The molecule has 1 aromatic heterocycles. The lowest BCUT2D eigenvalue weighted by atomic mass is 9.98. The average molecular weight is 389 g/mol. The lowest BCUT2D eigenvalue weighted by Crippen LogP contribution is -2.48. The van der Waals surface area contributed by atoms with E-state index in [2.05, 4.69) is 24.0 Å². The number of hydrogen-bond acceptors (Lipinski definition) is 7. The number of carbonyl (C=O) groups excluding carboxylic acids is 1. The van der Waals surface area contributed by atoms with Crippen LogP contribution in [0.15, 0.2) is 33.9 Å². The third-order valence-corrected chi connectivity index (χ3v) is 5.81. The van der Waals surface area contributed by atoms with E-state index in [4.69, 9.17) is 13.9 Å². The maximum absolute atomic E-state index is 12.6. The molecule has 1 amide bonds. The standard InChI is InChI=1S/C19H23N3O4S/c1-12-6-5-7-13(2)22(12)17(23)11-27-19-21-20-18(26-19)16-10-24-14-8-3-4-9-15(14)25-16/h3-4,8-9,12-13,16H,5-7,10-11H2,1-2H3. The molecule has 3 heterocycles. The molecule has 0 bridgehead atoms. The molecule has 4 rings (SSSR count). The van der Waals surface area contributed by atoms with Crippen molar-refractivity contribution in [2.45, 2.75) is 56.5 Å². The summed E-state index contributed by atoms with van der Waals surface area (Å²) in [4.78, 5) is 14.6. The minimum Gasteiger partial charge on any atom is -0.485 e. The molecule has 3 atom stereocenters. The fourth-order valence-electron chi connectivity index (χ4n) is 3.66. The number of ether oxygens (including phenoxy) is 2. The lowest BCUT2D eigenvalue weighted by molar-refractivity contribution is -0.134. The summed E-state index contributed by atoms with van der Waals surface area (Å²) < 4.78 is 17.2. The van der Waals surface area contributed by atoms with Crippen molar-refractivity contribution in [2.75, 3.05) is 12.4 Å². The highest BCUT2D eigenvalue weighted by atomic mass is 32.2. The molecule has 8 heteroatoms. The van der Waals surface area contributed by atoms with Crippen LogP contribution in [0.1, 0.15) is 45.1 Å². The molecule has 0 aliphatic carbocycles. The number of piperidine rings is 1. The highest BCUT2D eigenvalue weighted by Gasteiger charge is 2.30. The molecule has 0 N–H and O–H groups in total. The van der Waals surface area contributed by atoms with Gasteiger partial charge in [-0.1, -0.05) is 23.9 Å². The minimum absolute atomic E-state index is 0.116. The maximum atomic E-state index is 12.6. The van der Waals surface area contributed by atoms with Crippen molar-refractivity contribution in [3.63, 3.8) is 0 Å². The number of nitrogens with zero attached hydrogens (tertiary/aromatic N) is 3. The van der Waals surface area contributed by atoms with Gasteiger partial charge in [0.2, 0.25) is 12.0 Å². The Kier molecular flexibility index (Phi) is 5.24. The topological polar surface area (TPSA) is 77.7 Å². The van der Waals surface area contributed by atoms with Crippen LogP contribution in [-0.2, 0) is 4.79 Å². The maximum Gasteiger partial charge on any atom is 0.277 e. The molecule has 1 saturated heterocycles. The van der Waals surface area contributed by atoms with E-state index in [1.807, 2.05) is 29.2 Å². The number of likely N-dealkylation sites (tertiary alicyclic amines) is 1. The Balaban J connectivity index is 1.35. The summed E-state index contributed by atoms with van der Waals surface area (Å²) in [7, 11) is 0. The van der Waals surface area contributed by atoms with E-state index in [1.54, 1.807) is 0 Å².